The summed E-state index contributed by atoms with van der Waals surface area (Å²) in [6.45, 7) is 0. The maximum absolute atomic E-state index is 10.3. The first-order chi connectivity index (χ1) is 6.29. The van der Waals surface area contributed by atoms with Gasteiger partial charge in [0, 0.05) is 0 Å². The van der Waals surface area contributed by atoms with Gasteiger partial charge in [0.05, 0.1) is 0 Å². The summed E-state index contributed by atoms with van der Waals surface area (Å²) in [5.41, 5.74) is 1.31. The van der Waals surface area contributed by atoms with Gasteiger partial charge in [0.2, 0.25) is 0 Å². The van der Waals surface area contributed by atoms with Gasteiger partial charge in [-0.2, -0.15) is 0 Å². The summed E-state index contributed by atoms with van der Waals surface area (Å²) in [5, 5.41) is 9.36. The average molecular weight is 240 g/mol. The van der Waals surface area contributed by atoms with E-state index < -0.39 is 20.5 Å². The van der Waals surface area contributed by atoms with Gasteiger partial charge >= 0.3 is 84.4 Å². The zero-order valence-electron chi connectivity index (χ0n) is 7.36. The quantitative estimate of drug-likeness (QED) is 0.632. The summed E-state index contributed by atoms with van der Waals surface area (Å²) in [5.74, 6) is 0. The Morgan fingerprint density at radius 1 is 1.31 bits per heavy atom. The molecule has 1 unspecified atom stereocenters. The molecule has 70 valence electrons. The third-order valence-corrected chi connectivity index (χ3v) is 3.66. The van der Waals surface area contributed by atoms with E-state index in [1.54, 1.807) is 0 Å². The van der Waals surface area contributed by atoms with Crippen molar-refractivity contribution < 1.29 is 9.90 Å². The summed E-state index contributed by atoms with van der Waals surface area (Å²) in [6.07, 6.45) is 2.02. The van der Waals surface area contributed by atoms with Crippen LogP contribution in [0, 0.1) is 0 Å². The third-order valence-electron chi connectivity index (χ3n) is 1.76. The molecule has 0 radical (unpaired) electrons. The van der Waals surface area contributed by atoms with E-state index in [1.165, 1.54) is 5.56 Å². The second-order valence-corrected chi connectivity index (χ2v) is 5.51. The molecule has 0 saturated carbocycles. The Morgan fingerprint density at radius 2 is 2.00 bits per heavy atom. The summed E-state index contributed by atoms with van der Waals surface area (Å²) in [7, 11) is 0. The second-order valence-electron chi connectivity index (χ2n) is 2.82. The van der Waals surface area contributed by atoms with Crippen LogP contribution in [-0.2, 0) is 6.42 Å². The fourth-order valence-corrected chi connectivity index (χ4v) is 2.32. The Labute approximate surface area is 84.7 Å². The van der Waals surface area contributed by atoms with Crippen molar-refractivity contribution in [3.05, 3.63) is 35.9 Å². The van der Waals surface area contributed by atoms with Gasteiger partial charge in [-0.3, -0.25) is 0 Å². The minimum absolute atomic E-state index is 0.576. The molecule has 0 fully saturated rings. The molecule has 1 aromatic carbocycles. The minimum atomic E-state index is -0.739. The number of benzene rings is 1. The average Bonchev–Trinajstić information content (AvgIpc) is 2.14. The molecule has 0 bridgehead atoms. The third kappa shape index (κ3) is 4.74. The molecule has 1 atom stereocenters. The van der Waals surface area contributed by atoms with Crippen LogP contribution < -0.4 is 0 Å². The molecule has 1 N–H and O–H groups in total. The fraction of sp³-hybridized carbons (Fsp3) is 0.300. The molecule has 1 rings (SSSR count). The molecule has 0 aliphatic heterocycles. The summed E-state index contributed by atoms with van der Waals surface area (Å²) in [4.78, 5) is 10.3. The number of aryl methyl sites for hydroxylation is 1. The van der Waals surface area contributed by atoms with Crippen LogP contribution in [-0.4, -0.2) is 25.6 Å². The van der Waals surface area contributed by atoms with Gasteiger partial charge in [-0.25, -0.2) is 0 Å². The van der Waals surface area contributed by atoms with Crippen molar-refractivity contribution in [2.75, 3.05) is 0 Å². The van der Waals surface area contributed by atoms with E-state index >= 15 is 0 Å². The molecule has 13 heavy (non-hydrogen) atoms. The van der Waals surface area contributed by atoms with Crippen LogP contribution in [0.1, 0.15) is 12.0 Å². The van der Waals surface area contributed by atoms with Crippen LogP contribution in [0.4, 0.5) is 4.79 Å². The summed E-state index contributed by atoms with van der Waals surface area (Å²) < 4.78 is -0.576. The molecule has 3 heteroatoms. The predicted molar refractivity (Wildman–Crippen MR) is 54.7 cm³/mol. The van der Waals surface area contributed by atoms with E-state index in [0.29, 0.717) is 0 Å². The number of hydrogen-bond donors (Lipinski definition) is 1. The van der Waals surface area contributed by atoms with Gasteiger partial charge in [-0.05, 0) is 0 Å². The summed E-state index contributed by atoms with van der Waals surface area (Å²) >= 11 is -0.739. The predicted octanol–water partition coefficient (Wildman–Crippen LogP) is 2.15. The van der Waals surface area contributed by atoms with Crippen LogP contribution >= 0.6 is 0 Å². The topological polar surface area (TPSA) is 37.3 Å². The van der Waals surface area contributed by atoms with Crippen LogP contribution in [0.15, 0.2) is 30.3 Å². The normalized spacial score (nSPS) is 10.8. The Kier molecular flexibility index (Phi) is 4.62. The Bertz CT molecular complexity index is 259. The molecule has 0 amide bonds. The number of rotatable bonds is 5. The second kappa shape index (κ2) is 5.82. The first-order valence-corrected chi connectivity index (χ1v) is 6.83. The van der Waals surface area contributed by atoms with Crippen molar-refractivity contribution in [1.29, 1.82) is 0 Å². The summed E-state index contributed by atoms with van der Waals surface area (Å²) in [6, 6.07) is 10.2. The number of carboxylic acid groups (broad SMARTS) is 1. The van der Waals surface area contributed by atoms with Crippen molar-refractivity contribution in [1.82, 2.24) is 0 Å². The van der Waals surface area contributed by atoms with Crippen LogP contribution in [0.3, 0.4) is 0 Å². The van der Waals surface area contributed by atoms with Crippen molar-refractivity contribution >= 4 is 20.5 Å². The van der Waals surface area contributed by atoms with E-state index in [-0.39, 0.29) is 0 Å². The van der Waals surface area contributed by atoms with Crippen LogP contribution in [0.2, 0.25) is 5.21 Å². The SMILES string of the molecule is O=C(O)[AsH]CCCc1ccccc1. The van der Waals surface area contributed by atoms with Crippen molar-refractivity contribution in [3.63, 3.8) is 0 Å². The molecular formula is C10H13AsO2. The van der Waals surface area contributed by atoms with Crippen molar-refractivity contribution in [2.45, 2.75) is 18.1 Å². The van der Waals surface area contributed by atoms with E-state index in [0.717, 1.165) is 18.1 Å². The van der Waals surface area contributed by atoms with Gasteiger partial charge < -0.3 is 0 Å². The first kappa shape index (κ1) is 10.3. The van der Waals surface area contributed by atoms with E-state index in [9.17, 15) is 4.79 Å². The molecule has 0 aliphatic carbocycles. The van der Waals surface area contributed by atoms with E-state index in [2.05, 4.69) is 12.1 Å². The molecular weight excluding hydrogens is 227 g/mol. The van der Waals surface area contributed by atoms with Gasteiger partial charge in [-0.1, -0.05) is 0 Å². The number of hydrogen-bond acceptors (Lipinski definition) is 1. The maximum atomic E-state index is 10.3. The van der Waals surface area contributed by atoms with Gasteiger partial charge in [0.25, 0.3) is 0 Å². The molecule has 0 spiro atoms. The van der Waals surface area contributed by atoms with Gasteiger partial charge in [0.15, 0.2) is 0 Å². The van der Waals surface area contributed by atoms with Crippen LogP contribution in [0.5, 0.6) is 0 Å². The Morgan fingerprint density at radius 3 is 2.62 bits per heavy atom. The van der Waals surface area contributed by atoms with Crippen molar-refractivity contribution in [2.24, 2.45) is 0 Å². The molecule has 2 nitrogen and oxygen atoms in total. The number of carbonyl (C=O) groups is 1. The first-order valence-electron chi connectivity index (χ1n) is 4.30. The van der Waals surface area contributed by atoms with Gasteiger partial charge in [-0.15, -0.1) is 0 Å². The fourth-order valence-electron chi connectivity index (χ4n) is 1.13. The van der Waals surface area contributed by atoms with E-state index in [4.69, 9.17) is 5.11 Å². The zero-order chi connectivity index (χ0) is 9.52. The molecule has 0 heterocycles. The monoisotopic (exact) mass is 240 g/mol. The van der Waals surface area contributed by atoms with Gasteiger partial charge in [0.1, 0.15) is 0 Å². The standard InChI is InChI=1S/C10H13AsO2/c12-10(13)11-8-4-7-9-5-2-1-3-6-9/h1-3,5-6,11H,4,7-8H2,(H,12,13). The van der Waals surface area contributed by atoms with E-state index in [1.807, 2.05) is 18.2 Å². The molecule has 0 aliphatic rings. The van der Waals surface area contributed by atoms with Crippen LogP contribution in [0.25, 0.3) is 0 Å². The van der Waals surface area contributed by atoms with Crippen molar-refractivity contribution in [3.8, 4) is 0 Å². The zero-order valence-corrected chi connectivity index (χ0v) is 9.46. The Balaban J connectivity index is 2.17. The molecule has 1 aromatic rings. The Hall–Kier alpha value is -0.752. The molecule has 0 saturated heterocycles. The molecule has 0 aromatic heterocycles.